The number of ether oxygens (including phenoxy) is 1. The van der Waals surface area contributed by atoms with Crippen LogP contribution < -0.4 is 10.3 Å². The highest BCUT2D eigenvalue weighted by atomic mass is 32.2. The van der Waals surface area contributed by atoms with Crippen molar-refractivity contribution in [2.75, 3.05) is 12.4 Å². The van der Waals surface area contributed by atoms with Crippen molar-refractivity contribution in [2.24, 2.45) is 0 Å². The van der Waals surface area contributed by atoms with E-state index in [-0.39, 0.29) is 16.9 Å². The summed E-state index contributed by atoms with van der Waals surface area (Å²) in [6.45, 7) is 2.57. The molecule has 0 atom stereocenters. The maximum atomic E-state index is 14.2. The van der Waals surface area contributed by atoms with Crippen LogP contribution in [0.2, 0.25) is 0 Å². The predicted molar refractivity (Wildman–Crippen MR) is 111 cm³/mol. The summed E-state index contributed by atoms with van der Waals surface area (Å²) in [4.78, 5) is 20.5. The van der Waals surface area contributed by atoms with Crippen LogP contribution >= 0.6 is 11.8 Å². The van der Waals surface area contributed by atoms with Crippen LogP contribution in [0.5, 0.6) is 5.75 Å². The topological polar surface area (TPSA) is 72.3 Å². The zero-order valence-corrected chi connectivity index (χ0v) is 16.6. The standard InChI is InChI=1S/C21H19FN4O2S/c1-2-14-7-9-15(10-8-14)28-11-12-29-21-24-20(16-5-3-4-6-17(16)22)23-18-13-19(27)25-26(18)21/h3-10,13H,2,11-12H2,1H3,(H,25,27). The van der Waals surface area contributed by atoms with Crippen LogP contribution in [0, 0.1) is 5.82 Å². The Bertz CT molecular complexity index is 1190. The van der Waals surface area contributed by atoms with Crippen LogP contribution in [0.3, 0.4) is 0 Å². The van der Waals surface area contributed by atoms with Crippen LogP contribution in [0.4, 0.5) is 4.39 Å². The Balaban J connectivity index is 1.52. The maximum absolute atomic E-state index is 14.2. The van der Waals surface area contributed by atoms with Crippen LogP contribution in [0.1, 0.15) is 12.5 Å². The fourth-order valence-corrected chi connectivity index (χ4v) is 3.63. The summed E-state index contributed by atoms with van der Waals surface area (Å²) in [6.07, 6.45) is 0.985. The number of hydrogen-bond acceptors (Lipinski definition) is 5. The minimum Gasteiger partial charge on any atom is -0.493 e. The Kier molecular flexibility index (Phi) is 5.62. The first-order chi connectivity index (χ1) is 14.1. The Morgan fingerprint density at radius 3 is 2.69 bits per heavy atom. The molecule has 148 valence electrons. The number of aromatic nitrogens is 4. The van der Waals surface area contributed by atoms with Crippen molar-refractivity contribution in [3.05, 3.63) is 76.3 Å². The number of fused-ring (bicyclic) bond motifs is 1. The molecule has 4 aromatic rings. The van der Waals surface area contributed by atoms with Crippen molar-refractivity contribution < 1.29 is 9.13 Å². The molecule has 0 aliphatic rings. The molecule has 8 heteroatoms. The van der Waals surface area contributed by atoms with Gasteiger partial charge in [0, 0.05) is 11.8 Å². The lowest BCUT2D eigenvalue weighted by molar-refractivity contribution is 0.343. The summed E-state index contributed by atoms with van der Waals surface area (Å²) in [6, 6.07) is 15.7. The summed E-state index contributed by atoms with van der Waals surface area (Å²) in [5.74, 6) is 1.22. The van der Waals surface area contributed by atoms with Gasteiger partial charge in [0.25, 0.3) is 5.56 Å². The molecule has 4 rings (SSSR count). The summed E-state index contributed by atoms with van der Waals surface area (Å²) < 4.78 is 21.5. The molecule has 6 nitrogen and oxygen atoms in total. The van der Waals surface area contributed by atoms with Gasteiger partial charge in [0.05, 0.1) is 12.2 Å². The number of benzene rings is 2. The highest BCUT2D eigenvalue weighted by molar-refractivity contribution is 7.99. The van der Waals surface area contributed by atoms with Gasteiger partial charge >= 0.3 is 0 Å². The molecule has 0 amide bonds. The van der Waals surface area contributed by atoms with Crippen molar-refractivity contribution in [2.45, 2.75) is 18.5 Å². The molecule has 0 saturated heterocycles. The van der Waals surface area contributed by atoms with Gasteiger partial charge in [0.2, 0.25) is 0 Å². The molecule has 2 aromatic carbocycles. The lowest BCUT2D eigenvalue weighted by atomic mass is 10.2. The summed E-state index contributed by atoms with van der Waals surface area (Å²) in [5, 5.41) is 3.19. The number of hydrogen-bond donors (Lipinski definition) is 1. The molecular formula is C21H19FN4O2S. The lowest BCUT2D eigenvalue weighted by Crippen LogP contribution is -2.07. The molecular weight excluding hydrogens is 391 g/mol. The lowest BCUT2D eigenvalue weighted by Gasteiger charge is -2.09. The van der Waals surface area contributed by atoms with E-state index in [1.165, 1.54) is 34.0 Å². The zero-order chi connectivity index (χ0) is 20.2. The number of halogens is 1. The van der Waals surface area contributed by atoms with Crippen molar-refractivity contribution in [1.82, 2.24) is 19.6 Å². The zero-order valence-electron chi connectivity index (χ0n) is 15.8. The SMILES string of the molecule is CCc1ccc(OCCSc2nc(-c3ccccc3F)nc3cc(=O)[nH]n23)cc1. The number of thioether (sulfide) groups is 1. The average Bonchev–Trinajstić information content (AvgIpc) is 3.12. The van der Waals surface area contributed by atoms with Gasteiger partial charge < -0.3 is 4.74 Å². The maximum Gasteiger partial charge on any atom is 0.266 e. The van der Waals surface area contributed by atoms with Crippen molar-refractivity contribution >= 4 is 17.4 Å². The van der Waals surface area contributed by atoms with E-state index in [9.17, 15) is 9.18 Å². The van der Waals surface area contributed by atoms with Crippen LogP contribution in [0.25, 0.3) is 17.0 Å². The normalized spacial score (nSPS) is 11.1. The van der Waals surface area contributed by atoms with Crippen molar-refractivity contribution in [3.8, 4) is 17.1 Å². The molecule has 0 saturated carbocycles. The van der Waals surface area contributed by atoms with Crippen LogP contribution in [-0.4, -0.2) is 31.9 Å². The second kappa shape index (κ2) is 8.48. The Labute approximate surface area is 170 Å². The first kappa shape index (κ1) is 19.2. The van der Waals surface area contributed by atoms with Gasteiger partial charge in [-0.3, -0.25) is 9.89 Å². The second-order valence-electron chi connectivity index (χ2n) is 6.32. The third-order valence-electron chi connectivity index (χ3n) is 4.35. The molecule has 0 bridgehead atoms. The van der Waals surface area contributed by atoms with Gasteiger partial charge in [-0.05, 0) is 36.2 Å². The molecule has 0 unspecified atom stereocenters. The van der Waals surface area contributed by atoms with E-state index < -0.39 is 5.82 Å². The summed E-state index contributed by atoms with van der Waals surface area (Å²) >= 11 is 1.40. The van der Waals surface area contributed by atoms with E-state index in [0.29, 0.717) is 23.2 Å². The average molecular weight is 410 g/mol. The molecule has 2 aromatic heterocycles. The highest BCUT2D eigenvalue weighted by Gasteiger charge is 2.14. The van der Waals surface area contributed by atoms with Gasteiger partial charge in [0.1, 0.15) is 11.6 Å². The molecule has 1 N–H and O–H groups in total. The fraction of sp³-hybridized carbons (Fsp3) is 0.190. The third-order valence-corrected chi connectivity index (χ3v) is 5.26. The largest absolute Gasteiger partial charge is 0.493 e. The molecule has 29 heavy (non-hydrogen) atoms. The Hall–Kier alpha value is -3.13. The number of nitrogens with zero attached hydrogens (tertiary/aromatic N) is 3. The van der Waals surface area contributed by atoms with Gasteiger partial charge in [0.15, 0.2) is 16.6 Å². The van der Waals surface area contributed by atoms with Crippen molar-refractivity contribution in [3.63, 3.8) is 0 Å². The van der Waals surface area contributed by atoms with Crippen LogP contribution in [0.15, 0.2) is 64.5 Å². The van der Waals surface area contributed by atoms with Crippen LogP contribution in [-0.2, 0) is 6.42 Å². The van der Waals surface area contributed by atoms with E-state index >= 15 is 0 Å². The van der Waals surface area contributed by atoms with E-state index in [1.54, 1.807) is 18.2 Å². The highest BCUT2D eigenvalue weighted by Crippen LogP contribution is 2.23. The van der Waals surface area contributed by atoms with E-state index in [0.717, 1.165) is 12.2 Å². The molecule has 0 fully saturated rings. The van der Waals surface area contributed by atoms with E-state index in [1.807, 2.05) is 24.3 Å². The summed E-state index contributed by atoms with van der Waals surface area (Å²) in [5.41, 5.74) is 1.64. The summed E-state index contributed by atoms with van der Waals surface area (Å²) in [7, 11) is 0. The number of nitrogens with one attached hydrogen (secondary N) is 1. The van der Waals surface area contributed by atoms with Crippen molar-refractivity contribution in [1.29, 1.82) is 0 Å². The monoisotopic (exact) mass is 410 g/mol. The van der Waals surface area contributed by atoms with E-state index in [2.05, 4.69) is 22.0 Å². The minimum absolute atomic E-state index is 0.237. The smallest absolute Gasteiger partial charge is 0.266 e. The number of aromatic amines is 1. The number of aryl methyl sites for hydroxylation is 1. The second-order valence-corrected chi connectivity index (χ2v) is 7.38. The number of H-pyrrole nitrogens is 1. The quantitative estimate of drug-likeness (QED) is 0.369. The van der Waals surface area contributed by atoms with Gasteiger partial charge in [-0.25, -0.2) is 18.9 Å². The first-order valence-electron chi connectivity index (χ1n) is 9.23. The molecule has 0 radical (unpaired) electrons. The number of rotatable bonds is 7. The van der Waals surface area contributed by atoms with Gasteiger partial charge in [-0.15, -0.1) is 0 Å². The minimum atomic E-state index is -0.412. The first-order valence-corrected chi connectivity index (χ1v) is 10.2. The molecule has 2 heterocycles. The van der Waals surface area contributed by atoms with Gasteiger partial charge in [-0.1, -0.05) is 43.0 Å². The Morgan fingerprint density at radius 2 is 1.93 bits per heavy atom. The van der Waals surface area contributed by atoms with Gasteiger partial charge in [-0.2, -0.15) is 0 Å². The Morgan fingerprint density at radius 1 is 1.14 bits per heavy atom. The fourth-order valence-electron chi connectivity index (χ4n) is 2.86. The molecule has 0 aliphatic heterocycles. The van der Waals surface area contributed by atoms with E-state index in [4.69, 9.17) is 4.74 Å². The predicted octanol–water partition coefficient (Wildman–Crippen LogP) is 3.96. The molecule has 0 spiro atoms. The molecule has 0 aliphatic carbocycles. The third kappa shape index (κ3) is 4.32.